The summed E-state index contributed by atoms with van der Waals surface area (Å²) in [6, 6.07) is 17.5. The summed E-state index contributed by atoms with van der Waals surface area (Å²) >= 11 is 0. The summed E-state index contributed by atoms with van der Waals surface area (Å²) in [4.78, 5) is 24.1. The van der Waals surface area contributed by atoms with Crippen molar-refractivity contribution in [3.05, 3.63) is 71.5 Å². The highest BCUT2D eigenvalue weighted by molar-refractivity contribution is 5.93. The maximum absolute atomic E-state index is 12.1. The van der Waals surface area contributed by atoms with E-state index in [0.717, 1.165) is 28.1 Å². The fourth-order valence-electron chi connectivity index (χ4n) is 2.99. The van der Waals surface area contributed by atoms with Gasteiger partial charge in [-0.3, -0.25) is 14.3 Å². The lowest BCUT2D eigenvalue weighted by Crippen LogP contribution is -2.21. The van der Waals surface area contributed by atoms with Crippen molar-refractivity contribution in [1.29, 1.82) is 0 Å². The van der Waals surface area contributed by atoms with Crippen molar-refractivity contribution in [3.63, 3.8) is 0 Å². The lowest BCUT2D eigenvalue weighted by atomic mass is 10.1. The Kier molecular flexibility index (Phi) is 5.89. The first-order valence-corrected chi connectivity index (χ1v) is 9.04. The van der Waals surface area contributed by atoms with Crippen LogP contribution < -0.4 is 5.32 Å². The van der Waals surface area contributed by atoms with Gasteiger partial charge < -0.3 is 10.1 Å². The molecular weight excluding hydrogens is 354 g/mol. The van der Waals surface area contributed by atoms with Gasteiger partial charge in [0.2, 0.25) is 0 Å². The van der Waals surface area contributed by atoms with Crippen molar-refractivity contribution in [2.75, 3.05) is 11.9 Å². The van der Waals surface area contributed by atoms with Crippen molar-refractivity contribution < 1.29 is 14.3 Å². The number of hydrogen-bond acceptors (Lipinski definition) is 4. The van der Waals surface area contributed by atoms with Crippen LogP contribution in [0, 0.1) is 13.8 Å². The van der Waals surface area contributed by atoms with Crippen molar-refractivity contribution in [1.82, 2.24) is 9.78 Å². The molecule has 1 heterocycles. The predicted octanol–water partition coefficient (Wildman–Crippen LogP) is 3.43. The molecular formula is C22H23N3O3. The van der Waals surface area contributed by atoms with Crippen molar-refractivity contribution >= 4 is 17.6 Å². The standard InChI is InChI=1S/C22H23N3O3/c1-15-20(16(2)25(3)24-15)13-22(27)28-14-21(26)23-19-11-9-18(10-12-19)17-7-5-4-6-8-17/h4-12H,13-14H2,1-3H3,(H,23,26). The normalized spacial score (nSPS) is 10.5. The highest BCUT2D eigenvalue weighted by atomic mass is 16.5. The fraction of sp³-hybridized carbons (Fsp3) is 0.227. The lowest BCUT2D eigenvalue weighted by Gasteiger charge is -2.08. The molecule has 28 heavy (non-hydrogen) atoms. The number of nitrogens with zero attached hydrogens (tertiary/aromatic N) is 2. The molecule has 0 spiro atoms. The second-order valence-electron chi connectivity index (χ2n) is 6.60. The number of esters is 1. The number of ether oxygens (including phenoxy) is 1. The van der Waals surface area contributed by atoms with Gasteiger partial charge in [-0.15, -0.1) is 0 Å². The van der Waals surface area contributed by atoms with Crippen LogP contribution in [0.25, 0.3) is 11.1 Å². The SMILES string of the molecule is Cc1nn(C)c(C)c1CC(=O)OCC(=O)Nc1ccc(-c2ccccc2)cc1. The van der Waals surface area contributed by atoms with E-state index in [1.54, 1.807) is 4.68 Å². The van der Waals surface area contributed by atoms with Gasteiger partial charge in [-0.25, -0.2) is 0 Å². The van der Waals surface area contributed by atoms with Crippen LogP contribution in [0.2, 0.25) is 0 Å². The number of anilines is 1. The smallest absolute Gasteiger partial charge is 0.310 e. The number of aromatic nitrogens is 2. The van der Waals surface area contributed by atoms with Gasteiger partial charge in [0.1, 0.15) is 0 Å². The van der Waals surface area contributed by atoms with Gasteiger partial charge in [0.05, 0.1) is 12.1 Å². The van der Waals surface area contributed by atoms with Crippen LogP contribution in [0.5, 0.6) is 0 Å². The molecule has 0 aliphatic rings. The first-order chi connectivity index (χ1) is 13.4. The highest BCUT2D eigenvalue weighted by Gasteiger charge is 2.15. The molecule has 3 rings (SSSR count). The number of rotatable bonds is 6. The number of carbonyl (C=O) groups excluding carboxylic acids is 2. The minimum Gasteiger partial charge on any atom is -0.455 e. The topological polar surface area (TPSA) is 73.2 Å². The first-order valence-electron chi connectivity index (χ1n) is 9.04. The molecule has 144 valence electrons. The minimum absolute atomic E-state index is 0.102. The third-order valence-electron chi connectivity index (χ3n) is 4.62. The summed E-state index contributed by atoms with van der Waals surface area (Å²) in [5, 5.41) is 7.01. The maximum atomic E-state index is 12.1. The van der Waals surface area contributed by atoms with Crippen LogP contribution in [0.4, 0.5) is 5.69 Å². The third kappa shape index (κ3) is 4.65. The monoisotopic (exact) mass is 377 g/mol. The van der Waals surface area contributed by atoms with E-state index in [9.17, 15) is 9.59 Å². The van der Waals surface area contributed by atoms with Gasteiger partial charge in [-0.1, -0.05) is 42.5 Å². The number of carbonyl (C=O) groups is 2. The Morgan fingerprint density at radius 1 is 1.00 bits per heavy atom. The zero-order valence-electron chi connectivity index (χ0n) is 16.2. The number of hydrogen-bond donors (Lipinski definition) is 1. The molecule has 0 aliphatic heterocycles. The molecule has 0 saturated heterocycles. The number of nitrogens with one attached hydrogen (secondary N) is 1. The number of benzene rings is 2. The van der Waals surface area contributed by atoms with E-state index in [0.29, 0.717) is 5.69 Å². The zero-order chi connectivity index (χ0) is 20.1. The van der Waals surface area contributed by atoms with Gasteiger partial charge >= 0.3 is 5.97 Å². The predicted molar refractivity (Wildman–Crippen MR) is 108 cm³/mol. The molecule has 6 nitrogen and oxygen atoms in total. The summed E-state index contributed by atoms with van der Waals surface area (Å²) < 4.78 is 6.83. The minimum atomic E-state index is -0.450. The molecule has 1 amide bonds. The average Bonchev–Trinajstić information content (AvgIpc) is 2.94. The molecule has 0 saturated carbocycles. The number of amides is 1. The Hall–Kier alpha value is -3.41. The molecule has 2 aromatic carbocycles. The Morgan fingerprint density at radius 3 is 2.25 bits per heavy atom. The van der Waals surface area contributed by atoms with E-state index in [1.807, 2.05) is 75.5 Å². The fourth-order valence-corrected chi connectivity index (χ4v) is 2.99. The van der Waals surface area contributed by atoms with E-state index in [2.05, 4.69) is 10.4 Å². The van der Waals surface area contributed by atoms with Gasteiger partial charge in [-0.05, 0) is 37.1 Å². The quantitative estimate of drug-likeness (QED) is 0.668. The van der Waals surface area contributed by atoms with Crippen molar-refractivity contribution in [3.8, 4) is 11.1 Å². The lowest BCUT2D eigenvalue weighted by molar-refractivity contribution is -0.146. The molecule has 1 N–H and O–H groups in total. The van der Waals surface area contributed by atoms with E-state index in [4.69, 9.17) is 4.74 Å². The molecule has 0 aliphatic carbocycles. The number of aryl methyl sites for hydroxylation is 2. The first kappa shape index (κ1) is 19.4. The van der Waals surface area contributed by atoms with Gasteiger partial charge in [0.25, 0.3) is 5.91 Å². The summed E-state index contributed by atoms with van der Waals surface area (Å²) in [6.45, 7) is 3.42. The van der Waals surface area contributed by atoms with Crippen LogP contribution >= 0.6 is 0 Å². The average molecular weight is 377 g/mol. The van der Waals surface area contributed by atoms with Gasteiger partial charge in [0.15, 0.2) is 6.61 Å². The molecule has 1 aromatic heterocycles. The molecule has 3 aromatic rings. The Labute approximate surface area is 164 Å². The van der Waals surface area contributed by atoms with Crippen LogP contribution in [-0.4, -0.2) is 28.3 Å². The summed E-state index contributed by atoms with van der Waals surface area (Å²) in [5.41, 5.74) is 5.36. The van der Waals surface area contributed by atoms with Crippen LogP contribution in [0.15, 0.2) is 54.6 Å². The Morgan fingerprint density at radius 2 is 1.64 bits per heavy atom. The van der Waals surface area contributed by atoms with Crippen LogP contribution in [-0.2, 0) is 27.8 Å². The Bertz CT molecular complexity index is 976. The second kappa shape index (κ2) is 8.52. The van der Waals surface area contributed by atoms with E-state index >= 15 is 0 Å². The molecule has 0 unspecified atom stereocenters. The van der Waals surface area contributed by atoms with Crippen molar-refractivity contribution in [2.24, 2.45) is 7.05 Å². The van der Waals surface area contributed by atoms with Gasteiger partial charge in [-0.2, -0.15) is 5.10 Å². The zero-order valence-corrected chi connectivity index (χ0v) is 16.2. The van der Waals surface area contributed by atoms with Crippen LogP contribution in [0.1, 0.15) is 17.0 Å². The molecule has 0 atom stereocenters. The molecule has 0 fully saturated rings. The largest absolute Gasteiger partial charge is 0.455 e. The summed E-state index contributed by atoms with van der Waals surface area (Å²) in [7, 11) is 1.83. The molecule has 6 heteroatoms. The van der Waals surface area contributed by atoms with E-state index in [-0.39, 0.29) is 18.9 Å². The van der Waals surface area contributed by atoms with E-state index in [1.165, 1.54) is 0 Å². The highest BCUT2D eigenvalue weighted by Crippen LogP contribution is 2.21. The Balaban J connectivity index is 1.51. The summed E-state index contributed by atoms with van der Waals surface area (Å²) in [5.74, 6) is -0.825. The second-order valence-corrected chi connectivity index (χ2v) is 6.60. The molecule has 0 radical (unpaired) electrons. The van der Waals surface area contributed by atoms with Crippen molar-refractivity contribution in [2.45, 2.75) is 20.3 Å². The van der Waals surface area contributed by atoms with E-state index < -0.39 is 5.97 Å². The third-order valence-corrected chi connectivity index (χ3v) is 4.62. The van der Waals surface area contributed by atoms with Gasteiger partial charge in [0, 0.05) is 24.0 Å². The summed E-state index contributed by atoms with van der Waals surface area (Å²) in [6.07, 6.45) is 0.102. The maximum Gasteiger partial charge on any atom is 0.310 e. The molecule has 0 bridgehead atoms. The van der Waals surface area contributed by atoms with Crippen LogP contribution in [0.3, 0.4) is 0 Å².